The van der Waals surface area contributed by atoms with Gasteiger partial charge >= 0.3 is 0 Å². The standard InChI is InChI=1S/C12H24N2O2/c1-5-14(6-9(2)3)12(15)10-7-16-8-11(10)13-4/h9-11,13H,5-8H2,1-4H3. The molecule has 0 aromatic heterocycles. The number of hydrogen-bond donors (Lipinski definition) is 1. The van der Waals surface area contributed by atoms with Crippen LogP contribution in [0.5, 0.6) is 0 Å². The third-order valence-corrected chi connectivity index (χ3v) is 3.05. The molecule has 0 radical (unpaired) electrons. The summed E-state index contributed by atoms with van der Waals surface area (Å²) in [5.41, 5.74) is 0. The van der Waals surface area contributed by atoms with Crippen LogP contribution in [0.25, 0.3) is 0 Å². The summed E-state index contributed by atoms with van der Waals surface area (Å²) < 4.78 is 5.37. The lowest BCUT2D eigenvalue weighted by Crippen LogP contribution is -2.45. The molecule has 2 unspecified atom stereocenters. The fraction of sp³-hybridized carbons (Fsp3) is 0.917. The van der Waals surface area contributed by atoms with Crippen LogP contribution < -0.4 is 5.32 Å². The number of hydrogen-bond acceptors (Lipinski definition) is 3. The van der Waals surface area contributed by atoms with Crippen LogP contribution in [0.1, 0.15) is 20.8 Å². The van der Waals surface area contributed by atoms with Gasteiger partial charge in [0.05, 0.1) is 19.1 Å². The normalized spacial score (nSPS) is 25.1. The summed E-state index contributed by atoms with van der Waals surface area (Å²) in [4.78, 5) is 14.2. The lowest BCUT2D eigenvalue weighted by molar-refractivity contribution is -0.136. The second-order valence-electron chi connectivity index (χ2n) is 4.81. The smallest absolute Gasteiger partial charge is 0.229 e. The molecule has 1 N–H and O–H groups in total. The van der Waals surface area contributed by atoms with E-state index in [1.807, 2.05) is 18.9 Å². The minimum atomic E-state index is -0.0105. The minimum absolute atomic E-state index is 0.0105. The largest absolute Gasteiger partial charge is 0.379 e. The molecule has 1 rings (SSSR count). The van der Waals surface area contributed by atoms with E-state index in [4.69, 9.17) is 4.74 Å². The van der Waals surface area contributed by atoms with Gasteiger partial charge in [-0.15, -0.1) is 0 Å². The highest BCUT2D eigenvalue weighted by Gasteiger charge is 2.35. The summed E-state index contributed by atoms with van der Waals surface area (Å²) in [5.74, 6) is 0.732. The van der Waals surface area contributed by atoms with Gasteiger partial charge in [-0.05, 0) is 19.9 Å². The molecule has 0 aromatic carbocycles. The maximum absolute atomic E-state index is 12.3. The van der Waals surface area contributed by atoms with E-state index in [2.05, 4.69) is 19.2 Å². The zero-order chi connectivity index (χ0) is 12.1. The van der Waals surface area contributed by atoms with E-state index in [0.717, 1.165) is 13.1 Å². The van der Waals surface area contributed by atoms with Crippen molar-refractivity contribution >= 4 is 5.91 Å². The summed E-state index contributed by atoms with van der Waals surface area (Å²) >= 11 is 0. The van der Waals surface area contributed by atoms with Gasteiger partial charge in [0, 0.05) is 19.1 Å². The van der Waals surface area contributed by atoms with E-state index < -0.39 is 0 Å². The summed E-state index contributed by atoms with van der Waals surface area (Å²) in [7, 11) is 1.89. The fourth-order valence-electron chi connectivity index (χ4n) is 2.13. The van der Waals surface area contributed by atoms with Crippen molar-refractivity contribution < 1.29 is 9.53 Å². The number of nitrogens with zero attached hydrogens (tertiary/aromatic N) is 1. The van der Waals surface area contributed by atoms with Gasteiger partial charge in [0.1, 0.15) is 0 Å². The van der Waals surface area contributed by atoms with Gasteiger partial charge in [-0.25, -0.2) is 0 Å². The van der Waals surface area contributed by atoms with Gasteiger partial charge in [-0.3, -0.25) is 4.79 Å². The highest BCUT2D eigenvalue weighted by atomic mass is 16.5. The van der Waals surface area contributed by atoms with Crippen molar-refractivity contribution in [3.05, 3.63) is 0 Å². The van der Waals surface area contributed by atoms with Crippen molar-refractivity contribution in [1.29, 1.82) is 0 Å². The molecule has 1 heterocycles. The summed E-state index contributed by atoms with van der Waals surface area (Å²) in [6.07, 6.45) is 0. The number of amides is 1. The number of likely N-dealkylation sites (N-methyl/N-ethyl adjacent to an activating group) is 1. The molecule has 1 aliphatic heterocycles. The molecule has 0 saturated carbocycles. The topological polar surface area (TPSA) is 41.6 Å². The van der Waals surface area contributed by atoms with Gasteiger partial charge in [0.25, 0.3) is 0 Å². The number of carbonyl (C=O) groups is 1. The Morgan fingerprint density at radius 2 is 2.19 bits per heavy atom. The first-order valence-corrected chi connectivity index (χ1v) is 6.13. The van der Waals surface area contributed by atoms with Gasteiger partial charge in [0.2, 0.25) is 5.91 Å². The average Bonchev–Trinajstić information content (AvgIpc) is 2.72. The number of carbonyl (C=O) groups excluding carboxylic acids is 1. The first-order valence-electron chi connectivity index (χ1n) is 6.13. The molecule has 4 nitrogen and oxygen atoms in total. The van der Waals surface area contributed by atoms with Crippen molar-refractivity contribution in [2.24, 2.45) is 11.8 Å². The average molecular weight is 228 g/mol. The molecule has 94 valence electrons. The van der Waals surface area contributed by atoms with Crippen molar-refractivity contribution in [3.63, 3.8) is 0 Å². The molecule has 1 fully saturated rings. The highest BCUT2D eigenvalue weighted by molar-refractivity contribution is 5.80. The predicted octanol–water partition coefficient (Wildman–Crippen LogP) is 0.725. The number of rotatable bonds is 5. The Kier molecular flexibility index (Phi) is 5.22. The summed E-state index contributed by atoms with van der Waals surface area (Å²) in [6, 6.07) is 0.175. The zero-order valence-electron chi connectivity index (χ0n) is 10.8. The lowest BCUT2D eigenvalue weighted by atomic mass is 10.0. The van der Waals surface area contributed by atoms with Gasteiger partial charge in [-0.1, -0.05) is 13.8 Å². The molecule has 0 aromatic rings. The summed E-state index contributed by atoms with van der Waals surface area (Å²) in [6.45, 7) is 9.12. The maximum atomic E-state index is 12.3. The van der Waals surface area contributed by atoms with E-state index in [9.17, 15) is 4.79 Å². The molecule has 1 amide bonds. The van der Waals surface area contributed by atoms with E-state index in [1.165, 1.54) is 0 Å². The fourth-order valence-corrected chi connectivity index (χ4v) is 2.13. The molecular formula is C12H24N2O2. The Labute approximate surface area is 98.3 Å². The lowest BCUT2D eigenvalue weighted by Gasteiger charge is -2.27. The van der Waals surface area contributed by atoms with Gasteiger partial charge in [0.15, 0.2) is 0 Å². The van der Waals surface area contributed by atoms with Crippen LogP contribution in [0.2, 0.25) is 0 Å². The highest BCUT2D eigenvalue weighted by Crippen LogP contribution is 2.17. The van der Waals surface area contributed by atoms with E-state index in [-0.39, 0.29) is 17.9 Å². The molecule has 2 atom stereocenters. The van der Waals surface area contributed by atoms with Crippen LogP contribution in [0.4, 0.5) is 0 Å². The first kappa shape index (κ1) is 13.5. The van der Waals surface area contributed by atoms with Crippen LogP contribution in [0.3, 0.4) is 0 Å². The Balaban J connectivity index is 2.59. The van der Waals surface area contributed by atoms with E-state index in [1.54, 1.807) is 0 Å². The van der Waals surface area contributed by atoms with Crippen molar-refractivity contribution in [3.8, 4) is 0 Å². The molecule has 16 heavy (non-hydrogen) atoms. The van der Waals surface area contributed by atoms with Crippen LogP contribution in [-0.2, 0) is 9.53 Å². The van der Waals surface area contributed by atoms with Crippen LogP contribution in [0, 0.1) is 11.8 Å². The molecule has 1 saturated heterocycles. The summed E-state index contributed by atoms with van der Waals surface area (Å²) in [5, 5.41) is 3.15. The first-order chi connectivity index (χ1) is 7.60. The van der Waals surface area contributed by atoms with E-state index >= 15 is 0 Å². The van der Waals surface area contributed by atoms with Crippen molar-refractivity contribution in [2.75, 3.05) is 33.4 Å². The predicted molar refractivity (Wildman–Crippen MR) is 64.2 cm³/mol. The molecular weight excluding hydrogens is 204 g/mol. The Bertz CT molecular complexity index is 231. The zero-order valence-corrected chi connectivity index (χ0v) is 10.8. The third-order valence-electron chi connectivity index (χ3n) is 3.05. The van der Waals surface area contributed by atoms with Gasteiger partial charge < -0.3 is 15.0 Å². The van der Waals surface area contributed by atoms with Crippen molar-refractivity contribution in [1.82, 2.24) is 10.2 Å². The molecule has 0 spiro atoms. The molecule has 1 aliphatic rings. The molecule has 0 aliphatic carbocycles. The maximum Gasteiger partial charge on any atom is 0.229 e. The second-order valence-corrected chi connectivity index (χ2v) is 4.81. The Morgan fingerprint density at radius 3 is 2.69 bits per heavy atom. The molecule has 0 bridgehead atoms. The monoisotopic (exact) mass is 228 g/mol. The number of ether oxygens (including phenoxy) is 1. The molecule has 4 heteroatoms. The SMILES string of the molecule is CCN(CC(C)C)C(=O)C1COCC1NC. The second kappa shape index (κ2) is 6.21. The van der Waals surface area contributed by atoms with Crippen LogP contribution >= 0.6 is 0 Å². The quantitative estimate of drug-likeness (QED) is 0.754. The Morgan fingerprint density at radius 1 is 1.50 bits per heavy atom. The Hall–Kier alpha value is -0.610. The van der Waals surface area contributed by atoms with Crippen LogP contribution in [0.15, 0.2) is 0 Å². The van der Waals surface area contributed by atoms with Crippen molar-refractivity contribution in [2.45, 2.75) is 26.8 Å². The number of nitrogens with one attached hydrogen (secondary N) is 1. The van der Waals surface area contributed by atoms with Crippen LogP contribution in [-0.4, -0.2) is 50.2 Å². The van der Waals surface area contributed by atoms with Gasteiger partial charge in [-0.2, -0.15) is 0 Å². The third kappa shape index (κ3) is 3.19. The van der Waals surface area contributed by atoms with E-state index in [0.29, 0.717) is 19.1 Å². The minimum Gasteiger partial charge on any atom is -0.379 e.